The molecule has 3 nitrogen and oxygen atoms in total. The van der Waals surface area contributed by atoms with Gasteiger partial charge in [-0.05, 0) is 50.2 Å². The molecule has 1 amide bonds. The molecule has 118 valence electrons. The molecule has 0 aromatic heterocycles. The SMILES string of the molecule is C#CC(C)(C)NC(=O)c1ccc(Oc2cccc(Cl)c2Cl)cc1. The third-order valence-electron chi connectivity index (χ3n) is 3.05. The lowest BCUT2D eigenvalue weighted by Crippen LogP contribution is -2.42. The van der Waals surface area contributed by atoms with Crippen LogP contribution in [-0.2, 0) is 0 Å². The number of carbonyl (C=O) groups excluding carboxylic acids is 1. The number of benzene rings is 2. The van der Waals surface area contributed by atoms with Crippen molar-refractivity contribution in [3.05, 3.63) is 58.1 Å². The summed E-state index contributed by atoms with van der Waals surface area (Å²) in [6, 6.07) is 11.8. The van der Waals surface area contributed by atoms with Gasteiger partial charge in [0, 0.05) is 5.56 Å². The van der Waals surface area contributed by atoms with E-state index in [0.717, 1.165) is 0 Å². The number of nitrogens with one attached hydrogen (secondary N) is 1. The van der Waals surface area contributed by atoms with Crippen LogP contribution < -0.4 is 10.1 Å². The fourth-order valence-corrected chi connectivity index (χ4v) is 2.09. The van der Waals surface area contributed by atoms with Gasteiger partial charge >= 0.3 is 0 Å². The lowest BCUT2D eigenvalue weighted by Gasteiger charge is -2.19. The maximum Gasteiger partial charge on any atom is 0.252 e. The quantitative estimate of drug-likeness (QED) is 0.796. The van der Waals surface area contributed by atoms with Crippen molar-refractivity contribution in [1.29, 1.82) is 0 Å². The van der Waals surface area contributed by atoms with Crippen molar-refractivity contribution in [3.63, 3.8) is 0 Å². The molecule has 0 aliphatic rings. The predicted octanol–water partition coefficient (Wildman–Crippen LogP) is 4.93. The molecular formula is C18H15Cl2NO2. The van der Waals surface area contributed by atoms with Crippen LogP contribution in [0.3, 0.4) is 0 Å². The third-order valence-corrected chi connectivity index (χ3v) is 3.85. The molecule has 0 bridgehead atoms. The molecule has 0 aliphatic heterocycles. The zero-order valence-electron chi connectivity index (χ0n) is 12.7. The van der Waals surface area contributed by atoms with Crippen LogP contribution in [0.2, 0.25) is 10.0 Å². The van der Waals surface area contributed by atoms with E-state index in [9.17, 15) is 4.79 Å². The fraction of sp³-hybridized carbons (Fsp3) is 0.167. The summed E-state index contributed by atoms with van der Waals surface area (Å²) in [5.74, 6) is 3.26. The van der Waals surface area contributed by atoms with Crippen molar-refractivity contribution in [2.24, 2.45) is 0 Å². The van der Waals surface area contributed by atoms with Crippen molar-refractivity contribution in [2.45, 2.75) is 19.4 Å². The van der Waals surface area contributed by atoms with Crippen LogP contribution in [0.25, 0.3) is 0 Å². The Labute approximate surface area is 145 Å². The summed E-state index contributed by atoms with van der Waals surface area (Å²) in [4.78, 5) is 12.1. The molecule has 0 radical (unpaired) electrons. The Balaban J connectivity index is 2.12. The lowest BCUT2D eigenvalue weighted by molar-refractivity contribution is 0.0930. The van der Waals surface area contributed by atoms with Gasteiger partial charge in [0.05, 0.1) is 10.6 Å². The first kappa shape index (κ1) is 17.2. The first-order chi connectivity index (χ1) is 10.8. The highest BCUT2D eigenvalue weighted by Gasteiger charge is 2.18. The summed E-state index contributed by atoms with van der Waals surface area (Å²) >= 11 is 12.0. The Bertz CT molecular complexity index is 762. The molecule has 0 spiro atoms. The molecule has 0 heterocycles. The number of carbonyl (C=O) groups is 1. The van der Waals surface area contributed by atoms with E-state index in [0.29, 0.717) is 27.1 Å². The van der Waals surface area contributed by atoms with Crippen molar-refractivity contribution >= 4 is 29.1 Å². The summed E-state index contributed by atoms with van der Waals surface area (Å²) in [6.45, 7) is 3.51. The second-order valence-electron chi connectivity index (χ2n) is 5.40. The molecule has 0 atom stereocenters. The number of halogens is 2. The van der Waals surface area contributed by atoms with Crippen LogP contribution in [0.4, 0.5) is 0 Å². The second kappa shape index (κ2) is 6.95. The fourth-order valence-electron chi connectivity index (χ4n) is 1.76. The van der Waals surface area contributed by atoms with Gasteiger partial charge < -0.3 is 10.1 Å². The summed E-state index contributed by atoms with van der Waals surface area (Å²) < 4.78 is 5.67. The molecule has 0 fully saturated rings. The Morgan fingerprint density at radius 1 is 1.17 bits per heavy atom. The molecule has 0 saturated carbocycles. The van der Waals surface area contributed by atoms with Gasteiger partial charge in [0.2, 0.25) is 0 Å². The maximum absolute atomic E-state index is 12.1. The van der Waals surface area contributed by atoms with Crippen LogP contribution in [0.1, 0.15) is 24.2 Å². The largest absolute Gasteiger partial charge is 0.456 e. The van der Waals surface area contributed by atoms with E-state index in [4.69, 9.17) is 34.4 Å². The van der Waals surface area contributed by atoms with Gasteiger partial charge in [-0.3, -0.25) is 4.79 Å². The van der Waals surface area contributed by atoms with E-state index in [1.165, 1.54) is 0 Å². The first-order valence-corrected chi connectivity index (χ1v) is 7.60. The maximum atomic E-state index is 12.1. The third kappa shape index (κ3) is 4.41. The van der Waals surface area contributed by atoms with E-state index < -0.39 is 5.54 Å². The lowest BCUT2D eigenvalue weighted by atomic mass is 10.1. The highest BCUT2D eigenvalue weighted by atomic mass is 35.5. The molecule has 5 heteroatoms. The molecule has 0 unspecified atom stereocenters. The smallest absolute Gasteiger partial charge is 0.252 e. The summed E-state index contributed by atoms with van der Waals surface area (Å²) in [6.07, 6.45) is 5.36. The van der Waals surface area contributed by atoms with Crippen molar-refractivity contribution in [1.82, 2.24) is 5.32 Å². The van der Waals surface area contributed by atoms with Gasteiger partial charge in [-0.15, -0.1) is 6.42 Å². The first-order valence-electron chi connectivity index (χ1n) is 6.84. The van der Waals surface area contributed by atoms with E-state index in [-0.39, 0.29) is 5.91 Å². The average molecular weight is 348 g/mol. The number of terminal acetylenes is 1. The summed E-state index contributed by atoms with van der Waals surface area (Å²) in [5, 5.41) is 3.51. The van der Waals surface area contributed by atoms with E-state index in [2.05, 4.69) is 11.2 Å². The molecule has 0 saturated heterocycles. The van der Waals surface area contributed by atoms with Crippen LogP contribution >= 0.6 is 23.2 Å². The molecule has 2 rings (SSSR count). The normalized spacial score (nSPS) is 10.7. The van der Waals surface area contributed by atoms with Gasteiger partial charge in [0.1, 0.15) is 16.5 Å². The van der Waals surface area contributed by atoms with Crippen LogP contribution in [0.15, 0.2) is 42.5 Å². The average Bonchev–Trinajstić information content (AvgIpc) is 2.52. The van der Waals surface area contributed by atoms with Gasteiger partial charge in [-0.25, -0.2) is 0 Å². The second-order valence-corrected chi connectivity index (χ2v) is 6.19. The number of hydrogen-bond acceptors (Lipinski definition) is 2. The Hall–Kier alpha value is -2.15. The summed E-state index contributed by atoms with van der Waals surface area (Å²) in [7, 11) is 0. The molecule has 23 heavy (non-hydrogen) atoms. The minimum Gasteiger partial charge on any atom is -0.456 e. The topological polar surface area (TPSA) is 38.3 Å². The van der Waals surface area contributed by atoms with E-state index >= 15 is 0 Å². The van der Waals surface area contributed by atoms with E-state index in [1.54, 1.807) is 56.3 Å². The Morgan fingerprint density at radius 3 is 2.43 bits per heavy atom. The number of rotatable bonds is 4. The number of ether oxygens (including phenoxy) is 1. The molecule has 2 aromatic rings. The van der Waals surface area contributed by atoms with Gasteiger partial charge in [0.25, 0.3) is 5.91 Å². The van der Waals surface area contributed by atoms with Crippen LogP contribution in [0, 0.1) is 12.3 Å². The zero-order chi connectivity index (χ0) is 17.0. The van der Waals surface area contributed by atoms with Crippen molar-refractivity contribution in [2.75, 3.05) is 0 Å². The standard InChI is InChI=1S/C18H15Cl2NO2/c1-4-18(2,3)21-17(22)12-8-10-13(11-9-12)23-15-7-5-6-14(19)16(15)20/h1,5-11H,2-3H3,(H,21,22). The molecule has 1 N–H and O–H groups in total. The van der Waals surface area contributed by atoms with Crippen molar-refractivity contribution in [3.8, 4) is 23.8 Å². The number of hydrogen-bond donors (Lipinski definition) is 1. The highest BCUT2D eigenvalue weighted by molar-refractivity contribution is 6.42. The Kier molecular flexibility index (Phi) is 5.20. The molecular weight excluding hydrogens is 333 g/mol. The van der Waals surface area contributed by atoms with Crippen LogP contribution in [0.5, 0.6) is 11.5 Å². The minimum atomic E-state index is -0.708. The van der Waals surface area contributed by atoms with Crippen LogP contribution in [-0.4, -0.2) is 11.4 Å². The van der Waals surface area contributed by atoms with E-state index in [1.807, 2.05) is 0 Å². The zero-order valence-corrected chi connectivity index (χ0v) is 14.2. The van der Waals surface area contributed by atoms with Gasteiger partial charge in [0.15, 0.2) is 0 Å². The van der Waals surface area contributed by atoms with Gasteiger partial charge in [-0.1, -0.05) is 35.2 Å². The van der Waals surface area contributed by atoms with Crippen molar-refractivity contribution < 1.29 is 9.53 Å². The molecule has 2 aromatic carbocycles. The Morgan fingerprint density at radius 2 is 1.83 bits per heavy atom. The highest BCUT2D eigenvalue weighted by Crippen LogP contribution is 2.34. The van der Waals surface area contributed by atoms with Gasteiger partial charge in [-0.2, -0.15) is 0 Å². The number of amides is 1. The summed E-state index contributed by atoms with van der Waals surface area (Å²) in [5.41, 5.74) is -0.224. The minimum absolute atomic E-state index is 0.250. The predicted molar refractivity (Wildman–Crippen MR) is 93.4 cm³/mol. The monoisotopic (exact) mass is 347 g/mol. The molecule has 0 aliphatic carbocycles.